The Morgan fingerprint density at radius 2 is 2.04 bits per heavy atom. The van der Waals surface area contributed by atoms with Gasteiger partial charge in [0.25, 0.3) is 0 Å². The number of hydrogen-bond donors (Lipinski definition) is 0. The molecule has 2 aromatic rings. The molecule has 0 radical (unpaired) electrons. The van der Waals surface area contributed by atoms with Crippen molar-refractivity contribution in [3.05, 3.63) is 64.7 Å². The highest BCUT2D eigenvalue weighted by Gasteiger charge is 2.42. The van der Waals surface area contributed by atoms with Gasteiger partial charge in [0.15, 0.2) is 5.78 Å². The summed E-state index contributed by atoms with van der Waals surface area (Å²) in [4.78, 5) is 12.0. The SMILES string of the molecule is CC(=O)[C@H]1Oc2ccc(Cl)cc2[C@H]2CC(c3ccccc3)=NN12. The van der Waals surface area contributed by atoms with Gasteiger partial charge in [0.1, 0.15) is 5.75 Å². The standard InChI is InChI=1S/C18H15ClN2O2/c1-11(22)18-21-16(14-9-13(19)7-8-17(14)23-18)10-15(20-21)12-5-3-2-4-6-12/h2-9,16,18H,10H2,1H3/t16-,18-/m1/s1. The van der Waals surface area contributed by atoms with Gasteiger partial charge in [-0.1, -0.05) is 41.9 Å². The summed E-state index contributed by atoms with van der Waals surface area (Å²) in [6, 6.07) is 15.5. The number of hydrazone groups is 1. The molecule has 0 aromatic heterocycles. The zero-order valence-corrected chi connectivity index (χ0v) is 13.3. The first kappa shape index (κ1) is 14.3. The van der Waals surface area contributed by atoms with Crippen LogP contribution in [0.4, 0.5) is 0 Å². The number of nitrogens with zero attached hydrogens (tertiary/aromatic N) is 2. The maximum Gasteiger partial charge on any atom is 0.246 e. The highest BCUT2D eigenvalue weighted by molar-refractivity contribution is 6.30. The van der Waals surface area contributed by atoms with E-state index in [0.29, 0.717) is 10.8 Å². The van der Waals surface area contributed by atoms with Crippen molar-refractivity contribution >= 4 is 23.1 Å². The number of fused-ring (bicyclic) bond motifs is 3. The fraction of sp³-hybridized carbons (Fsp3) is 0.222. The largest absolute Gasteiger partial charge is 0.461 e. The number of ether oxygens (including phenoxy) is 1. The Hall–Kier alpha value is -2.33. The molecular weight excluding hydrogens is 312 g/mol. The predicted molar refractivity (Wildman–Crippen MR) is 88.7 cm³/mol. The van der Waals surface area contributed by atoms with Gasteiger partial charge in [0.2, 0.25) is 6.23 Å². The Balaban J connectivity index is 1.78. The summed E-state index contributed by atoms with van der Waals surface area (Å²) >= 11 is 6.14. The molecule has 2 aromatic carbocycles. The molecule has 2 atom stereocenters. The summed E-state index contributed by atoms with van der Waals surface area (Å²) in [6.07, 6.45) is 0.0414. The van der Waals surface area contributed by atoms with Crippen LogP contribution >= 0.6 is 11.6 Å². The van der Waals surface area contributed by atoms with Crippen molar-refractivity contribution in [1.29, 1.82) is 0 Å². The van der Waals surface area contributed by atoms with E-state index < -0.39 is 6.23 Å². The van der Waals surface area contributed by atoms with E-state index in [9.17, 15) is 4.79 Å². The molecule has 0 amide bonds. The van der Waals surface area contributed by atoms with E-state index in [4.69, 9.17) is 16.3 Å². The number of ketones is 1. The molecule has 0 saturated heterocycles. The van der Waals surface area contributed by atoms with Crippen LogP contribution in [-0.4, -0.2) is 22.7 Å². The van der Waals surface area contributed by atoms with Crippen LogP contribution in [0.3, 0.4) is 0 Å². The van der Waals surface area contributed by atoms with E-state index in [1.54, 1.807) is 11.1 Å². The third-order valence-electron chi connectivity index (χ3n) is 4.21. The van der Waals surface area contributed by atoms with Crippen molar-refractivity contribution in [2.24, 2.45) is 5.10 Å². The fourth-order valence-electron chi connectivity index (χ4n) is 3.13. The Bertz CT molecular complexity index is 804. The monoisotopic (exact) mass is 326 g/mol. The topological polar surface area (TPSA) is 41.9 Å². The first-order valence-corrected chi connectivity index (χ1v) is 7.89. The molecule has 5 heteroatoms. The van der Waals surface area contributed by atoms with Crippen molar-refractivity contribution in [2.45, 2.75) is 25.6 Å². The number of hydrogen-bond acceptors (Lipinski definition) is 4. The molecule has 4 rings (SSSR count). The van der Waals surface area contributed by atoms with Gasteiger partial charge in [-0.3, -0.25) is 4.79 Å². The van der Waals surface area contributed by atoms with Crippen LogP contribution in [0.1, 0.15) is 30.5 Å². The fourth-order valence-corrected chi connectivity index (χ4v) is 3.31. The van der Waals surface area contributed by atoms with Crippen molar-refractivity contribution < 1.29 is 9.53 Å². The third kappa shape index (κ3) is 2.39. The summed E-state index contributed by atoms with van der Waals surface area (Å²) in [5, 5.41) is 7.09. The smallest absolute Gasteiger partial charge is 0.246 e. The Kier molecular flexibility index (Phi) is 3.34. The second-order valence-electron chi connectivity index (χ2n) is 5.78. The first-order valence-electron chi connectivity index (χ1n) is 7.51. The summed E-state index contributed by atoms with van der Waals surface area (Å²) < 4.78 is 5.86. The van der Waals surface area contributed by atoms with Crippen molar-refractivity contribution in [3.63, 3.8) is 0 Å². The zero-order chi connectivity index (χ0) is 16.0. The lowest BCUT2D eigenvalue weighted by atomic mass is 9.96. The van der Waals surface area contributed by atoms with Gasteiger partial charge in [-0.15, -0.1) is 0 Å². The molecule has 0 unspecified atom stereocenters. The molecule has 116 valence electrons. The number of Topliss-reactive ketones (excluding diaryl/α,β-unsaturated/α-hetero) is 1. The normalized spacial score (nSPS) is 22.0. The van der Waals surface area contributed by atoms with Gasteiger partial charge >= 0.3 is 0 Å². The molecule has 0 aliphatic carbocycles. The predicted octanol–water partition coefficient (Wildman–Crippen LogP) is 3.80. The van der Waals surface area contributed by atoms with Crippen molar-refractivity contribution in [1.82, 2.24) is 5.01 Å². The number of halogens is 1. The van der Waals surface area contributed by atoms with Gasteiger partial charge in [-0.25, -0.2) is 5.01 Å². The van der Waals surface area contributed by atoms with E-state index in [0.717, 1.165) is 23.3 Å². The Morgan fingerprint density at radius 1 is 1.26 bits per heavy atom. The highest BCUT2D eigenvalue weighted by atomic mass is 35.5. The minimum absolute atomic E-state index is 0.0263. The molecule has 0 spiro atoms. The lowest BCUT2D eigenvalue weighted by Gasteiger charge is -2.36. The third-order valence-corrected chi connectivity index (χ3v) is 4.44. The highest BCUT2D eigenvalue weighted by Crippen LogP contribution is 2.44. The molecule has 23 heavy (non-hydrogen) atoms. The van der Waals surface area contributed by atoms with Gasteiger partial charge in [0, 0.05) is 23.9 Å². The maximum absolute atomic E-state index is 12.0. The van der Waals surface area contributed by atoms with Crippen LogP contribution < -0.4 is 4.74 Å². The molecule has 2 heterocycles. The maximum atomic E-state index is 12.0. The van der Waals surface area contributed by atoms with Crippen LogP contribution in [0.5, 0.6) is 5.75 Å². The number of rotatable bonds is 2. The van der Waals surface area contributed by atoms with Crippen LogP contribution in [0, 0.1) is 0 Å². The zero-order valence-electron chi connectivity index (χ0n) is 12.6. The molecule has 0 saturated carbocycles. The molecule has 2 aliphatic rings. The molecule has 0 fully saturated rings. The summed E-state index contributed by atoms with van der Waals surface area (Å²) in [5.74, 6) is 0.647. The first-order chi connectivity index (χ1) is 11.1. The molecular formula is C18H15ClN2O2. The van der Waals surface area contributed by atoms with Crippen LogP contribution in [0.2, 0.25) is 5.02 Å². The van der Waals surface area contributed by atoms with E-state index in [1.165, 1.54) is 6.92 Å². The Morgan fingerprint density at radius 3 is 2.78 bits per heavy atom. The lowest BCUT2D eigenvalue weighted by Crippen LogP contribution is -2.44. The van der Waals surface area contributed by atoms with E-state index >= 15 is 0 Å². The average Bonchev–Trinajstić information content (AvgIpc) is 3.00. The lowest BCUT2D eigenvalue weighted by molar-refractivity contribution is -0.135. The van der Waals surface area contributed by atoms with Crippen LogP contribution in [0.25, 0.3) is 0 Å². The quantitative estimate of drug-likeness (QED) is 0.843. The number of carbonyl (C=O) groups excluding carboxylic acids is 1. The molecule has 0 bridgehead atoms. The van der Waals surface area contributed by atoms with Crippen LogP contribution in [-0.2, 0) is 4.79 Å². The minimum Gasteiger partial charge on any atom is -0.461 e. The summed E-state index contributed by atoms with van der Waals surface area (Å²) in [6.45, 7) is 1.53. The number of carbonyl (C=O) groups is 1. The van der Waals surface area contributed by atoms with E-state index in [1.807, 2.05) is 42.5 Å². The average molecular weight is 327 g/mol. The second kappa shape index (κ2) is 5.39. The summed E-state index contributed by atoms with van der Waals surface area (Å²) in [5.41, 5.74) is 3.00. The molecule has 0 N–H and O–H groups in total. The van der Waals surface area contributed by atoms with E-state index in [-0.39, 0.29) is 11.8 Å². The van der Waals surface area contributed by atoms with Gasteiger partial charge in [-0.2, -0.15) is 5.10 Å². The Labute approximate surface area is 139 Å². The van der Waals surface area contributed by atoms with Gasteiger partial charge in [0.05, 0.1) is 11.8 Å². The molecule has 2 aliphatic heterocycles. The van der Waals surface area contributed by atoms with E-state index in [2.05, 4.69) is 5.10 Å². The minimum atomic E-state index is -0.685. The second-order valence-corrected chi connectivity index (χ2v) is 6.21. The van der Waals surface area contributed by atoms with Gasteiger partial charge < -0.3 is 4.74 Å². The van der Waals surface area contributed by atoms with Crippen molar-refractivity contribution in [2.75, 3.05) is 0 Å². The summed E-state index contributed by atoms with van der Waals surface area (Å²) in [7, 11) is 0. The molecule has 4 nitrogen and oxygen atoms in total. The number of benzene rings is 2. The van der Waals surface area contributed by atoms with Gasteiger partial charge in [-0.05, 0) is 23.8 Å². The van der Waals surface area contributed by atoms with Crippen LogP contribution in [0.15, 0.2) is 53.6 Å². The van der Waals surface area contributed by atoms with Crippen molar-refractivity contribution in [3.8, 4) is 5.75 Å².